The van der Waals surface area contributed by atoms with Gasteiger partial charge in [0.1, 0.15) is 10.9 Å². The Hall–Kier alpha value is -1.89. The number of rotatable bonds is 3. The van der Waals surface area contributed by atoms with Gasteiger partial charge < -0.3 is 0 Å². The zero-order valence-corrected chi connectivity index (χ0v) is 16.9. The molecule has 0 fully saturated rings. The molecule has 0 spiro atoms. The van der Waals surface area contributed by atoms with Crippen LogP contribution in [0.1, 0.15) is 0 Å². The van der Waals surface area contributed by atoms with E-state index < -0.39 is 10.0 Å². The van der Waals surface area contributed by atoms with Gasteiger partial charge in [0.2, 0.25) is 10.0 Å². The number of anilines is 1. The van der Waals surface area contributed by atoms with Crippen LogP contribution in [0.5, 0.6) is 0 Å². The van der Waals surface area contributed by atoms with E-state index in [4.69, 9.17) is 0 Å². The van der Waals surface area contributed by atoms with E-state index in [1.807, 2.05) is 36.0 Å². The predicted molar refractivity (Wildman–Crippen MR) is 109 cm³/mol. The molecule has 26 heavy (non-hydrogen) atoms. The minimum Gasteiger partial charge on any atom is -0.274 e. The molecule has 0 saturated carbocycles. The molecule has 4 rings (SSSR count). The Bertz CT molecular complexity index is 1020. The van der Waals surface area contributed by atoms with Gasteiger partial charge in [0.25, 0.3) is 0 Å². The third-order valence-corrected chi connectivity index (χ3v) is 9.24. The maximum atomic E-state index is 11.8. The molecular weight excluding hydrogens is 382 g/mol. The first-order chi connectivity index (χ1) is 12.4. The molecule has 132 valence electrons. The molecule has 3 nitrogen and oxygen atoms in total. The summed E-state index contributed by atoms with van der Waals surface area (Å²) >= 11 is 1.81. The highest BCUT2D eigenvalue weighted by atomic mass is 32.2. The van der Waals surface area contributed by atoms with Crippen molar-refractivity contribution in [2.75, 3.05) is 17.6 Å². The maximum Gasteiger partial charge on any atom is 0.231 e. The summed E-state index contributed by atoms with van der Waals surface area (Å²) in [4.78, 5) is 6.40. The molecular formula is C20H18NO2S3+. The smallest absolute Gasteiger partial charge is 0.231 e. The fourth-order valence-electron chi connectivity index (χ4n) is 2.88. The first kappa shape index (κ1) is 17.5. The molecule has 3 aromatic rings. The predicted octanol–water partition coefficient (Wildman–Crippen LogP) is 4.64. The van der Waals surface area contributed by atoms with Crippen LogP contribution in [0.4, 0.5) is 5.69 Å². The molecule has 1 aliphatic heterocycles. The summed E-state index contributed by atoms with van der Waals surface area (Å²) in [5.74, 6) is 0. The molecule has 0 aromatic heterocycles. The van der Waals surface area contributed by atoms with E-state index in [0.29, 0.717) is 5.69 Å². The number of benzene rings is 3. The highest BCUT2D eigenvalue weighted by Crippen LogP contribution is 2.48. The lowest BCUT2D eigenvalue weighted by molar-refractivity contribution is 0.600. The number of hydrogen-bond donors (Lipinski definition) is 0. The highest BCUT2D eigenvalue weighted by molar-refractivity contribution is 8.04. The van der Waals surface area contributed by atoms with Gasteiger partial charge in [-0.1, -0.05) is 36.0 Å². The van der Waals surface area contributed by atoms with E-state index in [1.54, 1.807) is 7.05 Å². The van der Waals surface area contributed by atoms with Crippen LogP contribution in [0.2, 0.25) is 0 Å². The van der Waals surface area contributed by atoms with E-state index in [9.17, 15) is 8.42 Å². The Balaban J connectivity index is 1.81. The SMILES string of the molecule is CN(c1ccc([S+]2c3ccccc3Sc3ccccc32)cc1)S(C)(=O)=O. The van der Waals surface area contributed by atoms with E-state index in [-0.39, 0.29) is 10.9 Å². The Kier molecular flexibility index (Phi) is 4.50. The number of sulfonamides is 1. The summed E-state index contributed by atoms with van der Waals surface area (Å²) in [6.07, 6.45) is 1.22. The fourth-order valence-corrected chi connectivity index (χ4v) is 7.12. The topological polar surface area (TPSA) is 37.4 Å². The molecule has 0 radical (unpaired) electrons. The van der Waals surface area contributed by atoms with Crippen LogP contribution in [-0.4, -0.2) is 21.7 Å². The summed E-state index contributed by atoms with van der Waals surface area (Å²) in [6, 6.07) is 24.9. The third-order valence-electron chi connectivity index (χ3n) is 4.29. The lowest BCUT2D eigenvalue weighted by Crippen LogP contribution is -2.24. The zero-order chi connectivity index (χ0) is 18.3. The number of hydrogen-bond acceptors (Lipinski definition) is 3. The summed E-state index contributed by atoms with van der Waals surface area (Å²) in [5, 5.41) is 0. The van der Waals surface area contributed by atoms with Crippen LogP contribution in [0.15, 0.2) is 97.3 Å². The van der Waals surface area contributed by atoms with Gasteiger partial charge in [-0.25, -0.2) is 8.42 Å². The van der Waals surface area contributed by atoms with E-state index in [0.717, 1.165) is 0 Å². The normalized spacial score (nSPS) is 13.8. The van der Waals surface area contributed by atoms with Crippen LogP contribution in [0.25, 0.3) is 0 Å². The quantitative estimate of drug-likeness (QED) is 0.470. The monoisotopic (exact) mass is 400 g/mol. The van der Waals surface area contributed by atoms with Crippen molar-refractivity contribution in [2.45, 2.75) is 24.5 Å². The molecule has 0 saturated heterocycles. The van der Waals surface area contributed by atoms with Crippen LogP contribution < -0.4 is 4.31 Å². The summed E-state index contributed by atoms with van der Waals surface area (Å²) in [5.41, 5.74) is 0.674. The van der Waals surface area contributed by atoms with Crippen molar-refractivity contribution in [3.8, 4) is 0 Å². The fraction of sp³-hybridized carbons (Fsp3) is 0.100. The van der Waals surface area contributed by atoms with Crippen molar-refractivity contribution >= 4 is 38.4 Å². The Morgan fingerprint density at radius 1 is 0.808 bits per heavy atom. The molecule has 0 amide bonds. The van der Waals surface area contributed by atoms with Crippen molar-refractivity contribution in [3.63, 3.8) is 0 Å². The molecule has 0 bridgehead atoms. The van der Waals surface area contributed by atoms with E-state index in [2.05, 4.69) is 48.5 Å². The highest BCUT2D eigenvalue weighted by Gasteiger charge is 2.37. The van der Waals surface area contributed by atoms with Crippen LogP contribution >= 0.6 is 11.8 Å². The number of fused-ring (bicyclic) bond motifs is 2. The molecule has 1 aliphatic rings. The summed E-state index contributed by atoms with van der Waals surface area (Å²) in [7, 11) is -1.87. The Morgan fingerprint density at radius 3 is 1.81 bits per heavy atom. The van der Waals surface area contributed by atoms with Crippen LogP contribution in [0.3, 0.4) is 0 Å². The molecule has 0 aliphatic carbocycles. The van der Waals surface area contributed by atoms with Crippen molar-refractivity contribution in [1.29, 1.82) is 0 Å². The standard InChI is InChI=1S/C20H18NO2S3/c1-21(26(2,22)23)15-11-13-16(14-12-15)25-19-9-5-3-7-17(19)24-18-8-4-6-10-20(18)25/h3-14H,1-2H3/q+1. The first-order valence-electron chi connectivity index (χ1n) is 8.09. The van der Waals surface area contributed by atoms with Gasteiger partial charge in [-0.05, 0) is 48.5 Å². The maximum absolute atomic E-state index is 11.8. The first-order valence-corrected chi connectivity index (χ1v) is 12.0. The van der Waals surface area contributed by atoms with Crippen molar-refractivity contribution in [1.82, 2.24) is 0 Å². The van der Waals surface area contributed by atoms with E-state index >= 15 is 0 Å². The van der Waals surface area contributed by atoms with E-state index in [1.165, 1.54) is 35.0 Å². The molecule has 3 aromatic carbocycles. The van der Waals surface area contributed by atoms with Crippen molar-refractivity contribution in [2.24, 2.45) is 0 Å². The third kappa shape index (κ3) is 3.13. The molecule has 1 heterocycles. The van der Waals surface area contributed by atoms with Gasteiger partial charge in [-0.2, -0.15) is 0 Å². The molecule has 6 heteroatoms. The van der Waals surface area contributed by atoms with Crippen molar-refractivity contribution < 1.29 is 8.42 Å². The lowest BCUT2D eigenvalue weighted by Gasteiger charge is -2.20. The van der Waals surface area contributed by atoms with Gasteiger partial charge in [-0.15, -0.1) is 0 Å². The van der Waals surface area contributed by atoms with Gasteiger partial charge in [0.05, 0.1) is 21.7 Å². The average Bonchev–Trinajstić information content (AvgIpc) is 2.65. The lowest BCUT2D eigenvalue weighted by atomic mass is 10.3. The van der Waals surface area contributed by atoms with Crippen LogP contribution in [0, 0.1) is 0 Å². The van der Waals surface area contributed by atoms with Gasteiger partial charge in [0, 0.05) is 7.05 Å². The minimum absolute atomic E-state index is 0.189. The average molecular weight is 401 g/mol. The summed E-state index contributed by atoms with van der Waals surface area (Å²) < 4.78 is 24.8. The minimum atomic E-state index is -3.26. The molecule has 0 N–H and O–H groups in total. The molecule has 0 unspecified atom stereocenters. The second kappa shape index (κ2) is 6.68. The zero-order valence-electron chi connectivity index (χ0n) is 14.4. The van der Waals surface area contributed by atoms with Crippen molar-refractivity contribution in [3.05, 3.63) is 72.8 Å². The summed E-state index contributed by atoms with van der Waals surface area (Å²) in [6.45, 7) is 0. The van der Waals surface area contributed by atoms with Crippen LogP contribution in [-0.2, 0) is 20.9 Å². The largest absolute Gasteiger partial charge is 0.274 e. The van der Waals surface area contributed by atoms with Gasteiger partial charge in [0.15, 0.2) is 14.7 Å². The van der Waals surface area contributed by atoms with Gasteiger partial charge >= 0.3 is 0 Å². The second-order valence-electron chi connectivity index (χ2n) is 6.03. The Labute approximate surface area is 161 Å². The number of nitrogens with zero attached hydrogens (tertiary/aromatic N) is 1. The second-order valence-corrected chi connectivity index (χ2v) is 11.1. The van der Waals surface area contributed by atoms with Gasteiger partial charge in [-0.3, -0.25) is 4.31 Å². The molecule has 0 atom stereocenters. The Morgan fingerprint density at radius 2 is 1.31 bits per heavy atom.